The number of nitrogens with one attached hydrogen (secondary N) is 2. The third-order valence-electron chi connectivity index (χ3n) is 3.70. The van der Waals surface area contributed by atoms with Gasteiger partial charge in [0.25, 0.3) is 5.91 Å². The summed E-state index contributed by atoms with van der Waals surface area (Å²) >= 11 is 0. The molecule has 2 N–H and O–H groups in total. The number of rotatable bonds is 9. The van der Waals surface area contributed by atoms with Crippen molar-refractivity contribution in [2.24, 2.45) is 0 Å². The predicted molar refractivity (Wildman–Crippen MR) is 101 cm³/mol. The van der Waals surface area contributed by atoms with Crippen molar-refractivity contribution in [3.8, 4) is 0 Å². The minimum Gasteiger partial charge on any atom is -0.353 e. The van der Waals surface area contributed by atoms with E-state index in [2.05, 4.69) is 37.6 Å². The summed E-state index contributed by atoms with van der Waals surface area (Å²) in [6.45, 7) is 4.10. The highest BCUT2D eigenvalue weighted by molar-refractivity contribution is 5.92. The molecule has 2 rings (SSSR count). The zero-order valence-electron chi connectivity index (χ0n) is 15.2. The van der Waals surface area contributed by atoms with E-state index in [4.69, 9.17) is 0 Å². The van der Waals surface area contributed by atoms with Crippen molar-refractivity contribution in [1.82, 2.24) is 20.2 Å². The van der Waals surface area contributed by atoms with Gasteiger partial charge in [-0.05, 0) is 45.5 Å². The number of hydrogen-bond donors (Lipinski definition) is 2. The molecule has 0 saturated carbocycles. The first-order valence-corrected chi connectivity index (χ1v) is 8.61. The highest BCUT2D eigenvalue weighted by Gasteiger charge is 2.10. The van der Waals surface area contributed by atoms with Crippen LogP contribution in [-0.2, 0) is 6.42 Å². The highest BCUT2D eigenvalue weighted by Crippen LogP contribution is 2.05. The summed E-state index contributed by atoms with van der Waals surface area (Å²) in [5.41, 5.74) is 2.46. The molecule has 1 aromatic heterocycles. The second-order valence-corrected chi connectivity index (χ2v) is 6.29. The van der Waals surface area contributed by atoms with Crippen molar-refractivity contribution >= 4 is 11.9 Å². The molecule has 0 aliphatic rings. The number of nitrogens with zero attached hydrogens (tertiary/aromatic N) is 3. The Bertz CT molecular complexity index is 673. The number of anilines is 1. The van der Waals surface area contributed by atoms with Crippen LogP contribution in [-0.4, -0.2) is 54.5 Å². The minimum atomic E-state index is -0.158. The van der Waals surface area contributed by atoms with Crippen molar-refractivity contribution in [2.75, 3.05) is 39.0 Å². The molecule has 1 aromatic carbocycles. The van der Waals surface area contributed by atoms with Gasteiger partial charge in [-0.25, -0.2) is 9.97 Å². The number of hydrogen-bond acceptors (Lipinski definition) is 5. The maximum atomic E-state index is 12.3. The number of aromatic nitrogens is 2. The molecule has 25 heavy (non-hydrogen) atoms. The summed E-state index contributed by atoms with van der Waals surface area (Å²) < 4.78 is 0. The van der Waals surface area contributed by atoms with Gasteiger partial charge in [-0.15, -0.1) is 0 Å². The maximum Gasteiger partial charge on any atom is 0.270 e. The van der Waals surface area contributed by atoms with E-state index in [1.165, 1.54) is 5.56 Å². The Morgan fingerprint density at radius 3 is 2.60 bits per heavy atom. The molecule has 0 spiro atoms. The van der Waals surface area contributed by atoms with E-state index < -0.39 is 0 Å². The summed E-state index contributed by atoms with van der Waals surface area (Å²) in [6, 6.07) is 12.0. The third kappa shape index (κ3) is 6.89. The van der Waals surface area contributed by atoms with Crippen LogP contribution in [0.15, 0.2) is 36.4 Å². The van der Waals surface area contributed by atoms with Gasteiger partial charge >= 0.3 is 0 Å². The molecule has 134 valence electrons. The molecule has 0 atom stereocenters. The van der Waals surface area contributed by atoms with Gasteiger partial charge in [0, 0.05) is 25.3 Å². The van der Waals surface area contributed by atoms with E-state index in [1.54, 1.807) is 6.07 Å². The van der Waals surface area contributed by atoms with Crippen molar-refractivity contribution in [2.45, 2.75) is 19.8 Å². The van der Waals surface area contributed by atoms with Gasteiger partial charge in [-0.1, -0.05) is 30.3 Å². The molecule has 0 saturated heterocycles. The van der Waals surface area contributed by atoms with Gasteiger partial charge in [-0.2, -0.15) is 0 Å². The number of benzene rings is 1. The van der Waals surface area contributed by atoms with Crippen molar-refractivity contribution < 1.29 is 4.79 Å². The van der Waals surface area contributed by atoms with Crippen LogP contribution in [0.1, 0.15) is 28.2 Å². The number of carbonyl (C=O) groups is 1. The van der Waals surface area contributed by atoms with Gasteiger partial charge in [0.05, 0.1) is 0 Å². The average molecular weight is 341 g/mol. The van der Waals surface area contributed by atoms with Gasteiger partial charge in [0.15, 0.2) is 0 Å². The molecule has 0 unspecified atom stereocenters. The fraction of sp³-hybridized carbons (Fsp3) is 0.421. The highest BCUT2D eigenvalue weighted by atomic mass is 16.1. The van der Waals surface area contributed by atoms with Crippen molar-refractivity contribution in [3.63, 3.8) is 0 Å². The topological polar surface area (TPSA) is 70.2 Å². The Morgan fingerprint density at radius 2 is 1.88 bits per heavy atom. The Kier molecular flexibility index (Phi) is 7.35. The second-order valence-electron chi connectivity index (χ2n) is 6.29. The summed E-state index contributed by atoms with van der Waals surface area (Å²) in [7, 11) is 4.01. The smallest absolute Gasteiger partial charge is 0.270 e. The quantitative estimate of drug-likeness (QED) is 0.684. The number of amides is 1. The second kappa shape index (κ2) is 9.74. The third-order valence-corrected chi connectivity index (χ3v) is 3.70. The van der Waals surface area contributed by atoms with E-state index >= 15 is 0 Å². The largest absolute Gasteiger partial charge is 0.353 e. The van der Waals surface area contributed by atoms with Crippen LogP contribution in [0.25, 0.3) is 0 Å². The zero-order chi connectivity index (χ0) is 18.1. The predicted octanol–water partition coefficient (Wildman–Crippen LogP) is 2.12. The van der Waals surface area contributed by atoms with E-state index in [0.717, 1.165) is 31.6 Å². The lowest BCUT2D eigenvalue weighted by atomic mass is 10.1. The van der Waals surface area contributed by atoms with Gasteiger partial charge in [0.1, 0.15) is 5.69 Å². The zero-order valence-corrected chi connectivity index (χ0v) is 15.2. The van der Waals surface area contributed by atoms with Crippen LogP contribution in [0, 0.1) is 6.92 Å². The van der Waals surface area contributed by atoms with Gasteiger partial charge in [0.2, 0.25) is 5.95 Å². The molecular weight excluding hydrogens is 314 g/mol. The number of carbonyl (C=O) groups excluding carboxylic acids is 1. The Hall–Kier alpha value is -2.47. The van der Waals surface area contributed by atoms with Gasteiger partial charge < -0.3 is 15.5 Å². The summed E-state index contributed by atoms with van der Waals surface area (Å²) in [6.07, 6.45) is 1.84. The van der Waals surface area contributed by atoms with Gasteiger partial charge in [-0.3, -0.25) is 4.79 Å². The first-order valence-electron chi connectivity index (χ1n) is 8.61. The fourth-order valence-corrected chi connectivity index (χ4v) is 2.38. The van der Waals surface area contributed by atoms with Crippen LogP contribution in [0.5, 0.6) is 0 Å². The molecule has 0 fully saturated rings. The van der Waals surface area contributed by atoms with Crippen LogP contribution in [0.4, 0.5) is 5.95 Å². The number of aryl methyl sites for hydroxylation is 2. The molecule has 6 heteroatoms. The maximum absolute atomic E-state index is 12.3. The molecule has 2 aromatic rings. The molecule has 6 nitrogen and oxygen atoms in total. The Morgan fingerprint density at radius 1 is 1.12 bits per heavy atom. The van der Waals surface area contributed by atoms with E-state index in [-0.39, 0.29) is 5.91 Å². The summed E-state index contributed by atoms with van der Waals surface area (Å²) in [4.78, 5) is 23.0. The van der Waals surface area contributed by atoms with E-state index in [0.29, 0.717) is 18.2 Å². The molecule has 0 radical (unpaired) electrons. The average Bonchev–Trinajstić information content (AvgIpc) is 2.58. The van der Waals surface area contributed by atoms with Crippen LogP contribution >= 0.6 is 0 Å². The standard InChI is InChI=1S/C19H27N5O/c1-15-14-17(23-19(22-15)21-12-13-24(2)3)18(25)20-11-7-10-16-8-5-4-6-9-16/h4-6,8-9,14H,7,10-13H2,1-3H3,(H,20,25)(H,21,22,23). The Labute approximate surface area is 149 Å². The van der Waals surface area contributed by atoms with Crippen molar-refractivity contribution in [1.29, 1.82) is 0 Å². The van der Waals surface area contributed by atoms with Crippen molar-refractivity contribution in [3.05, 3.63) is 53.3 Å². The summed E-state index contributed by atoms with van der Waals surface area (Å²) in [5, 5.41) is 6.09. The van der Waals surface area contributed by atoms with Crippen LogP contribution in [0.2, 0.25) is 0 Å². The van der Waals surface area contributed by atoms with E-state index in [1.807, 2.05) is 39.2 Å². The first-order chi connectivity index (χ1) is 12.0. The van der Waals surface area contributed by atoms with E-state index in [9.17, 15) is 4.79 Å². The summed E-state index contributed by atoms with van der Waals surface area (Å²) in [5.74, 6) is 0.338. The molecule has 0 aliphatic heterocycles. The lowest BCUT2D eigenvalue weighted by Gasteiger charge is -2.11. The molecule has 0 aliphatic carbocycles. The monoisotopic (exact) mass is 341 g/mol. The first kappa shape index (κ1) is 18.9. The number of likely N-dealkylation sites (N-methyl/N-ethyl adjacent to an activating group) is 1. The molecule has 1 heterocycles. The fourth-order valence-electron chi connectivity index (χ4n) is 2.38. The lowest BCUT2D eigenvalue weighted by molar-refractivity contribution is 0.0948. The van der Waals surface area contributed by atoms with Crippen LogP contribution in [0.3, 0.4) is 0 Å². The molecular formula is C19H27N5O. The molecule has 1 amide bonds. The van der Waals surface area contributed by atoms with Crippen LogP contribution < -0.4 is 10.6 Å². The molecule has 0 bridgehead atoms. The minimum absolute atomic E-state index is 0.158. The normalized spacial score (nSPS) is 10.7. The Balaban J connectivity index is 1.82. The SMILES string of the molecule is Cc1cc(C(=O)NCCCc2ccccc2)nc(NCCN(C)C)n1. The lowest BCUT2D eigenvalue weighted by Crippen LogP contribution is -2.27.